The van der Waals surface area contributed by atoms with Gasteiger partial charge in [-0.2, -0.15) is 0 Å². The highest BCUT2D eigenvalue weighted by Crippen LogP contribution is 2.33. The van der Waals surface area contributed by atoms with Crippen molar-refractivity contribution in [2.75, 3.05) is 33.3 Å². The second-order valence-electron chi connectivity index (χ2n) is 8.70. The summed E-state index contributed by atoms with van der Waals surface area (Å²) in [6.45, 7) is 0.0849. The summed E-state index contributed by atoms with van der Waals surface area (Å²) in [7, 11) is 1.49. The lowest BCUT2D eigenvalue weighted by atomic mass is 9.93. The molecule has 0 unspecified atom stereocenters. The Bertz CT molecular complexity index is 959. The van der Waals surface area contributed by atoms with Crippen LogP contribution < -0.4 is 21.1 Å². The molecule has 36 heavy (non-hydrogen) atoms. The minimum absolute atomic E-state index is 0.0178. The van der Waals surface area contributed by atoms with Crippen molar-refractivity contribution in [3.8, 4) is 5.75 Å². The highest BCUT2D eigenvalue weighted by Gasteiger charge is 2.42. The van der Waals surface area contributed by atoms with E-state index >= 15 is 0 Å². The van der Waals surface area contributed by atoms with E-state index in [2.05, 4.69) is 15.4 Å². The molecule has 0 radical (unpaired) electrons. The van der Waals surface area contributed by atoms with Gasteiger partial charge >= 0.3 is 24.4 Å². The quantitative estimate of drug-likeness (QED) is 0.356. The summed E-state index contributed by atoms with van der Waals surface area (Å²) < 4.78 is 60.2. The molecule has 14 heteroatoms. The zero-order chi connectivity index (χ0) is 26.5. The number of nitrogens with one attached hydrogen (secondary N) is 2. The van der Waals surface area contributed by atoms with Crippen LogP contribution in [0.25, 0.3) is 0 Å². The van der Waals surface area contributed by atoms with E-state index in [0.29, 0.717) is 19.0 Å². The van der Waals surface area contributed by atoms with E-state index in [0.717, 1.165) is 25.0 Å². The van der Waals surface area contributed by atoms with Gasteiger partial charge in [-0.3, -0.25) is 4.79 Å². The third-order valence-corrected chi connectivity index (χ3v) is 5.92. The van der Waals surface area contributed by atoms with Gasteiger partial charge in [0, 0.05) is 50.3 Å². The number of amides is 4. The number of ether oxygens (including phenoxy) is 2. The SMILES string of the molecule is CNC(=O)N1C[C@@H](COC(=O)CN)C[C@@H](N(C(=O)NCc2ccc(OC(F)(F)F)cc2F)C2CC2)C1. The first-order valence-corrected chi connectivity index (χ1v) is 11.4. The molecule has 2 fully saturated rings. The molecule has 0 aromatic heterocycles. The molecule has 4 N–H and O–H groups in total. The largest absolute Gasteiger partial charge is 0.573 e. The molecule has 1 saturated carbocycles. The smallest absolute Gasteiger partial charge is 0.464 e. The fourth-order valence-electron chi connectivity index (χ4n) is 4.20. The van der Waals surface area contributed by atoms with E-state index in [1.54, 1.807) is 4.90 Å². The average molecular weight is 519 g/mol. The molecule has 3 rings (SSSR count). The van der Waals surface area contributed by atoms with Gasteiger partial charge in [0.25, 0.3) is 0 Å². The molecule has 1 aliphatic carbocycles. The van der Waals surface area contributed by atoms with Gasteiger partial charge in [-0.15, -0.1) is 13.2 Å². The van der Waals surface area contributed by atoms with E-state index in [4.69, 9.17) is 10.5 Å². The fraction of sp³-hybridized carbons (Fsp3) is 0.591. The highest BCUT2D eigenvalue weighted by atomic mass is 19.4. The third-order valence-electron chi connectivity index (χ3n) is 5.92. The topological polar surface area (TPSA) is 126 Å². The van der Waals surface area contributed by atoms with Crippen LogP contribution in [0.2, 0.25) is 0 Å². The molecule has 2 aliphatic rings. The Balaban J connectivity index is 1.68. The van der Waals surface area contributed by atoms with Crippen molar-refractivity contribution in [2.45, 2.75) is 44.3 Å². The maximum absolute atomic E-state index is 14.3. The summed E-state index contributed by atoms with van der Waals surface area (Å²) in [5, 5.41) is 5.18. The average Bonchev–Trinajstić information content (AvgIpc) is 3.65. The Kier molecular flexibility index (Phi) is 8.82. The molecule has 200 valence electrons. The standard InChI is InChI=1S/C22H29F4N5O5/c1-28-20(33)30-10-13(12-35-19(32)8-27)6-16(11-30)31(15-3-4-15)21(34)29-9-14-2-5-17(7-18(14)23)36-22(24,25)26/h2,5,7,13,15-16H,3-4,6,8-12,27H2,1H3,(H,28,33)(H,29,34)/t13-,16+/m0/s1. The van der Waals surface area contributed by atoms with Crippen LogP contribution in [0.1, 0.15) is 24.8 Å². The molecular weight excluding hydrogens is 490 g/mol. The van der Waals surface area contributed by atoms with Crippen LogP contribution in [0.3, 0.4) is 0 Å². The van der Waals surface area contributed by atoms with Crippen LogP contribution in [0.15, 0.2) is 18.2 Å². The highest BCUT2D eigenvalue weighted by molar-refractivity contribution is 5.76. The van der Waals surface area contributed by atoms with Crippen molar-refractivity contribution in [2.24, 2.45) is 11.7 Å². The Morgan fingerprint density at radius 2 is 1.92 bits per heavy atom. The van der Waals surface area contributed by atoms with Crippen LogP contribution in [0, 0.1) is 11.7 Å². The van der Waals surface area contributed by atoms with Crippen LogP contribution in [-0.4, -0.2) is 79.6 Å². The zero-order valence-electron chi connectivity index (χ0n) is 19.6. The van der Waals surface area contributed by atoms with Crippen molar-refractivity contribution in [1.82, 2.24) is 20.4 Å². The van der Waals surface area contributed by atoms with E-state index in [1.807, 2.05) is 0 Å². The number of nitrogens with zero attached hydrogens (tertiary/aromatic N) is 2. The van der Waals surface area contributed by atoms with Gasteiger partial charge in [0.05, 0.1) is 19.2 Å². The minimum Gasteiger partial charge on any atom is -0.464 e. The molecule has 0 spiro atoms. The normalized spacial score (nSPS) is 19.9. The number of benzene rings is 1. The minimum atomic E-state index is -4.95. The van der Waals surface area contributed by atoms with Crippen molar-refractivity contribution in [1.29, 1.82) is 0 Å². The number of rotatable bonds is 8. The number of carbonyl (C=O) groups excluding carboxylic acids is 3. The van der Waals surface area contributed by atoms with Gasteiger partial charge in [0.2, 0.25) is 0 Å². The van der Waals surface area contributed by atoms with Crippen molar-refractivity contribution < 1.29 is 41.4 Å². The number of carbonyl (C=O) groups is 3. The third kappa shape index (κ3) is 7.60. The summed E-state index contributed by atoms with van der Waals surface area (Å²) in [6, 6.07) is 1.38. The maximum atomic E-state index is 14.3. The lowest BCUT2D eigenvalue weighted by Gasteiger charge is -2.42. The Hall–Kier alpha value is -3.29. The second kappa shape index (κ2) is 11.6. The molecule has 1 saturated heterocycles. The molecule has 1 heterocycles. The summed E-state index contributed by atoms with van der Waals surface area (Å²) in [4.78, 5) is 40.1. The lowest BCUT2D eigenvalue weighted by molar-refractivity contribution is -0.274. The van der Waals surface area contributed by atoms with Gasteiger partial charge in [-0.05, 0) is 25.3 Å². The first-order valence-electron chi connectivity index (χ1n) is 11.4. The number of likely N-dealkylation sites (tertiary alicyclic amines) is 1. The van der Waals surface area contributed by atoms with Gasteiger partial charge in [0.1, 0.15) is 11.6 Å². The Labute approximate surface area is 205 Å². The van der Waals surface area contributed by atoms with Crippen LogP contribution in [0.5, 0.6) is 5.75 Å². The Morgan fingerprint density at radius 1 is 1.19 bits per heavy atom. The van der Waals surface area contributed by atoms with Crippen LogP contribution >= 0.6 is 0 Å². The Morgan fingerprint density at radius 3 is 2.50 bits per heavy atom. The molecule has 2 atom stereocenters. The van der Waals surface area contributed by atoms with E-state index < -0.39 is 36.0 Å². The predicted octanol–water partition coefficient (Wildman–Crippen LogP) is 1.93. The van der Waals surface area contributed by atoms with Gasteiger partial charge in [-0.1, -0.05) is 6.07 Å². The second-order valence-corrected chi connectivity index (χ2v) is 8.70. The number of alkyl halides is 3. The van der Waals surface area contributed by atoms with Crippen LogP contribution in [-0.2, 0) is 16.1 Å². The van der Waals surface area contributed by atoms with E-state index in [9.17, 15) is 31.9 Å². The molecule has 1 aromatic rings. The number of halogens is 4. The van der Waals surface area contributed by atoms with Crippen molar-refractivity contribution in [3.63, 3.8) is 0 Å². The molecule has 1 aromatic carbocycles. The van der Waals surface area contributed by atoms with E-state index in [1.165, 1.54) is 11.9 Å². The summed E-state index contributed by atoms with van der Waals surface area (Å²) >= 11 is 0. The van der Waals surface area contributed by atoms with Crippen LogP contribution in [0.4, 0.5) is 27.2 Å². The molecule has 1 aliphatic heterocycles. The van der Waals surface area contributed by atoms with Crippen molar-refractivity contribution in [3.05, 3.63) is 29.6 Å². The molecular formula is C22H29F4N5O5. The number of nitrogens with two attached hydrogens (primary N) is 1. The van der Waals surface area contributed by atoms with E-state index in [-0.39, 0.29) is 49.8 Å². The zero-order valence-corrected chi connectivity index (χ0v) is 19.6. The number of hydrogen-bond acceptors (Lipinski definition) is 6. The number of urea groups is 2. The monoisotopic (exact) mass is 519 g/mol. The number of esters is 1. The van der Waals surface area contributed by atoms with Gasteiger partial charge < -0.3 is 35.6 Å². The molecule has 0 bridgehead atoms. The first-order chi connectivity index (χ1) is 17.0. The molecule has 4 amide bonds. The van der Waals surface area contributed by atoms with Gasteiger partial charge in [-0.25, -0.2) is 14.0 Å². The first kappa shape index (κ1) is 27.3. The summed E-state index contributed by atoms with van der Waals surface area (Å²) in [5.41, 5.74) is 5.26. The van der Waals surface area contributed by atoms with Crippen molar-refractivity contribution >= 4 is 18.0 Å². The summed E-state index contributed by atoms with van der Waals surface area (Å²) in [5.74, 6) is -2.47. The number of hydrogen-bond donors (Lipinski definition) is 3. The summed E-state index contributed by atoms with van der Waals surface area (Å²) in [6.07, 6.45) is -2.97. The predicted molar refractivity (Wildman–Crippen MR) is 118 cm³/mol. The number of piperidine rings is 1. The lowest BCUT2D eigenvalue weighted by Crippen LogP contribution is -2.58. The fourth-order valence-corrected chi connectivity index (χ4v) is 4.20. The van der Waals surface area contributed by atoms with Gasteiger partial charge in [0.15, 0.2) is 0 Å². The maximum Gasteiger partial charge on any atom is 0.573 e. The molecule has 10 nitrogen and oxygen atoms in total.